The van der Waals surface area contributed by atoms with E-state index in [1.165, 1.54) is 18.2 Å². The lowest BCUT2D eigenvalue weighted by atomic mass is 10.1. The van der Waals surface area contributed by atoms with Crippen molar-refractivity contribution in [3.8, 4) is 29.9 Å². The Balaban J connectivity index is 3.27. The maximum Gasteiger partial charge on any atom is 0.319 e. The number of carbonyl (C=O) groups excluding carboxylic acids is 2. The van der Waals surface area contributed by atoms with Gasteiger partial charge in [-0.05, 0) is 30.7 Å². The number of benzene rings is 1. The minimum atomic E-state index is -1.06. The molecule has 3 amide bonds. The average molecular weight is 348 g/mol. The number of hydrogen-bond acceptors (Lipinski definition) is 5. The molecule has 0 fully saturated rings. The fourth-order valence-electron chi connectivity index (χ4n) is 1.68. The molecular formula is C16H14ClN3O4. The Hall–Kier alpha value is -3.16. The quantitative estimate of drug-likeness (QED) is 0.463. The van der Waals surface area contributed by atoms with Crippen LogP contribution in [0.25, 0.3) is 6.08 Å². The lowest BCUT2D eigenvalue weighted by Gasteiger charge is -2.13. The van der Waals surface area contributed by atoms with Gasteiger partial charge in [-0.1, -0.05) is 17.5 Å². The number of rotatable bonds is 6. The monoisotopic (exact) mass is 347 g/mol. The standard InChI is InChI=1S/C16H14ClN3O4/c1-3-5-24-14-12(17)7-10(8-13(14)23-4-2)6-11(9-18)15(21)20-16(19)22/h1,6-8H,4-5H2,2H3,(H3,19,20,21,22)/b11-6-. The van der Waals surface area contributed by atoms with E-state index in [4.69, 9.17) is 38.5 Å². The normalized spacial score (nSPS) is 10.2. The molecule has 1 aromatic carbocycles. The van der Waals surface area contributed by atoms with Crippen LogP contribution in [0.2, 0.25) is 5.02 Å². The first-order chi connectivity index (χ1) is 11.4. The lowest BCUT2D eigenvalue weighted by Crippen LogP contribution is -2.35. The van der Waals surface area contributed by atoms with Crippen molar-refractivity contribution < 1.29 is 19.1 Å². The van der Waals surface area contributed by atoms with Gasteiger partial charge >= 0.3 is 6.03 Å². The molecule has 1 rings (SSSR count). The van der Waals surface area contributed by atoms with Crippen molar-refractivity contribution in [2.24, 2.45) is 5.73 Å². The summed E-state index contributed by atoms with van der Waals surface area (Å²) >= 11 is 6.14. The predicted octanol–water partition coefficient (Wildman–Crippen LogP) is 1.85. The van der Waals surface area contributed by atoms with Gasteiger partial charge < -0.3 is 15.2 Å². The molecule has 0 heterocycles. The fourth-order valence-corrected chi connectivity index (χ4v) is 1.96. The summed E-state index contributed by atoms with van der Waals surface area (Å²) in [5.74, 6) is 1.95. The van der Waals surface area contributed by atoms with Crippen molar-refractivity contribution in [1.82, 2.24) is 5.32 Å². The summed E-state index contributed by atoms with van der Waals surface area (Å²) in [4.78, 5) is 22.4. The number of terminal acetylenes is 1. The van der Waals surface area contributed by atoms with Crippen LogP contribution in [0.15, 0.2) is 17.7 Å². The number of nitrogens with one attached hydrogen (secondary N) is 1. The molecule has 0 aliphatic carbocycles. The van der Waals surface area contributed by atoms with Gasteiger partial charge in [0.1, 0.15) is 18.2 Å². The maximum absolute atomic E-state index is 11.7. The van der Waals surface area contributed by atoms with Gasteiger partial charge in [-0.15, -0.1) is 6.42 Å². The van der Waals surface area contributed by atoms with Crippen LogP contribution in [-0.2, 0) is 4.79 Å². The first kappa shape index (κ1) is 18.9. The molecule has 0 spiro atoms. The third kappa shape index (κ3) is 5.24. The van der Waals surface area contributed by atoms with E-state index < -0.39 is 11.9 Å². The summed E-state index contributed by atoms with van der Waals surface area (Å²) in [7, 11) is 0. The van der Waals surface area contributed by atoms with E-state index in [2.05, 4.69) is 5.92 Å². The second-order valence-electron chi connectivity index (χ2n) is 4.24. The fraction of sp³-hybridized carbons (Fsp3) is 0.188. The zero-order valence-electron chi connectivity index (χ0n) is 12.8. The van der Waals surface area contributed by atoms with Crippen LogP contribution in [0.3, 0.4) is 0 Å². The zero-order valence-corrected chi connectivity index (χ0v) is 13.5. The van der Waals surface area contributed by atoms with E-state index in [-0.39, 0.29) is 23.0 Å². The number of amides is 3. The Morgan fingerprint density at radius 2 is 2.17 bits per heavy atom. The molecule has 0 bridgehead atoms. The predicted molar refractivity (Wildman–Crippen MR) is 88.3 cm³/mol. The minimum absolute atomic E-state index is 0.000552. The molecule has 8 heteroatoms. The summed E-state index contributed by atoms with van der Waals surface area (Å²) in [6, 6.07) is 3.60. The second kappa shape index (κ2) is 9.09. The molecule has 24 heavy (non-hydrogen) atoms. The van der Waals surface area contributed by atoms with Crippen molar-refractivity contribution in [3.63, 3.8) is 0 Å². The van der Waals surface area contributed by atoms with Gasteiger partial charge in [0.25, 0.3) is 5.91 Å². The Bertz CT molecular complexity index is 760. The van der Waals surface area contributed by atoms with Crippen molar-refractivity contribution in [2.45, 2.75) is 6.92 Å². The number of hydrogen-bond donors (Lipinski definition) is 2. The molecule has 0 unspecified atom stereocenters. The number of ether oxygens (including phenoxy) is 2. The van der Waals surface area contributed by atoms with Crippen molar-refractivity contribution in [1.29, 1.82) is 5.26 Å². The van der Waals surface area contributed by atoms with Crippen LogP contribution in [0.5, 0.6) is 11.5 Å². The van der Waals surface area contributed by atoms with Crippen molar-refractivity contribution in [3.05, 3.63) is 28.3 Å². The molecule has 0 aromatic heterocycles. The van der Waals surface area contributed by atoms with E-state index in [1.54, 1.807) is 18.3 Å². The number of nitrogens with zero attached hydrogens (tertiary/aromatic N) is 1. The summed E-state index contributed by atoms with van der Waals surface area (Å²) in [5.41, 5.74) is 4.92. The highest BCUT2D eigenvalue weighted by atomic mass is 35.5. The summed E-state index contributed by atoms with van der Waals surface area (Å²) < 4.78 is 10.8. The summed E-state index contributed by atoms with van der Waals surface area (Å²) in [6.45, 7) is 2.10. The molecule has 0 radical (unpaired) electrons. The van der Waals surface area contributed by atoms with E-state index in [0.717, 1.165) is 0 Å². The van der Waals surface area contributed by atoms with Gasteiger partial charge in [0.15, 0.2) is 11.5 Å². The van der Waals surface area contributed by atoms with Crippen molar-refractivity contribution in [2.75, 3.05) is 13.2 Å². The van der Waals surface area contributed by atoms with E-state index in [1.807, 2.05) is 0 Å². The zero-order chi connectivity index (χ0) is 18.1. The number of primary amides is 1. The van der Waals surface area contributed by atoms with Gasteiger partial charge in [0.05, 0.1) is 11.6 Å². The van der Waals surface area contributed by atoms with Gasteiger partial charge in [-0.2, -0.15) is 5.26 Å². The lowest BCUT2D eigenvalue weighted by molar-refractivity contribution is -0.115. The highest BCUT2D eigenvalue weighted by Gasteiger charge is 2.15. The summed E-state index contributed by atoms with van der Waals surface area (Å²) in [5, 5.41) is 11.0. The topological polar surface area (TPSA) is 114 Å². The van der Waals surface area contributed by atoms with E-state index >= 15 is 0 Å². The Morgan fingerprint density at radius 1 is 1.46 bits per heavy atom. The third-order valence-electron chi connectivity index (χ3n) is 2.54. The number of nitrogens with two attached hydrogens (primary N) is 1. The van der Waals surface area contributed by atoms with Crippen LogP contribution in [0, 0.1) is 23.7 Å². The highest BCUT2D eigenvalue weighted by Crippen LogP contribution is 2.37. The third-order valence-corrected chi connectivity index (χ3v) is 2.83. The Kier molecular flexibility index (Phi) is 7.15. The van der Waals surface area contributed by atoms with Gasteiger partial charge in [-0.25, -0.2) is 4.79 Å². The highest BCUT2D eigenvalue weighted by molar-refractivity contribution is 6.32. The largest absolute Gasteiger partial charge is 0.490 e. The number of carbonyl (C=O) groups is 2. The van der Waals surface area contributed by atoms with Crippen LogP contribution >= 0.6 is 11.6 Å². The molecule has 1 aromatic rings. The number of imide groups is 1. The first-order valence-electron chi connectivity index (χ1n) is 6.68. The van der Waals surface area contributed by atoms with Crippen LogP contribution in [0.4, 0.5) is 4.79 Å². The van der Waals surface area contributed by atoms with Crippen LogP contribution < -0.4 is 20.5 Å². The second-order valence-corrected chi connectivity index (χ2v) is 4.65. The molecule has 0 atom stereocenters. The van der Waals surface area contributed by atoms with Crippen LogP contribution in [-0.4, -0.2) is 25.2 Å². The van der Waals surface area contributed by atoms with E-state index in [9.17, 15) is 9.59 Å². The molecule has 0 aliphatic rings. The van der Waals surface area contributed by atoms with Crippen LogP contribution in [0.1, 0.15) is 12.5 Å². The Labute approximate surface area is 144 Å². The number of urea groups is 1. The van der Waals surface area contributed by atoms with E-state index in [0.29, 0.717) is 17.9 Å². The first-order valence-corrected chi connectivity index (χ1v) is 7.05. The molecule has 0 saturated carbocycles. The van der Waals surface area contributed by atoms with Gasteiger partial charge in [0, 0.05) is 0 Å². The number of halogens is 1. The molecular weight excluding hydrogens is 334 g/mol. The summed E-state index contributed by atoms with van der Waals surface area (Å²) in [6.07, 6.45) is 6.38. The minimum Gasteiger partial charge on any atom is -0.490 e. The Morgan fingerprint density at radius 3 is 2.71 bits per heavy atom. The molecule has 7 nitrogen and oxygen atoms in total. The van der Waals surface area contributed by atoms with Gasteiger partial charge in [-0.3, -0.25) is 10.1 Å². The maximum atomic E-state index is 11.7. The molecule has 3 N–H and O–H groups in total. The SMILES string of the molecule is C#CCOc1c(Cl)cc(/C=C(/C#N)C(=O)NC(N)=O)cc1OCC. The average Bonchev–Trinajstić information content (AvgIpc) is 2.51. The smallest absolute Gasteiger partial charge is 0.319 e. The molecule has 0 aliphatic heterocycles. The number of nitriles is 1. The van der Waals surface area contributed by atoms with Gasteiger partial charge in [0.2, 0.25) is 0 Å². The molecule has 124 valence electrons. The molecule has 0 saturated heterocycles. The van der Waals surface area contributed by atoms with Crippen molar-refractivity contribution >= 4 is 29.6 Å².